The zero-order valence-electron chi connectivity index (χ0n) is 5.52. The van der Waals surface area contributed by atoms with Gasteiger partial charge in [0.1, 0.15) is 0 Å². The summed E-state index contributed by atoms with van der Waals surface area (Å²) in [5, 5.41) is 0. The van der Waals surface area contributed by atoms with E-state index in [1.165, 1.54) is 7.11 Å². The minimum atomic E-state index is -0.193. The molecule has 0 aliphatic carbocycles. The number of methoxy groups -OCH3 is 1. The predicted octanol–water partition coefficient (Wildman–Crippen LogP) is 1.28. The van der Waals surface area contributed by atoms with Crippen LogP contribution in [0.1, 0.15) is 12.8 Å². The monoisotopic (exact) mass is 126 g/mol. The van der Waals surface area contributed by atoms with Gasteiger partial charge in [-0.15, -0.1) is 5.73 Å². The van der Waals surface area contributed by atoms with Crippen molar-refractivity contribution in [3.63, 3.8) is 0 Å². The number of hydrogen-bond acceptors (Lipinski definition) is 2. The van der Waals surface area contributed by atoms with E-state index in [9.17, 15) is 4.79 Å². The highest BCUT2D eigenvalue weighted by molar-refractivity contribution is 5.69. The van der Waals surface area contributed by atoms with Crippen LogP contribution in [0.2, 0.25) is 0 Å². The summed E-state index contributed by atoms with van der Waals surface area (Å²) in [7, 11) is 1.37. The van der Waals surface area contributed by atoms with Gasteiger partial charge >= 0.3 is 5.97 Å². The van der Waals surface area contributed by atoms with Gasteiger partial charge in [0.15, 0.2) is 0 Å². The molecule has 0 fully saturated rings. The summed E-state index contributed by atoms with van der Waals surface area (Å²) >= 11 is 0. The van der Waals surface area contributed by atoms with Crippen molar-refractivity contribution in [2.45, 2.75) is 12.8 Å². The van der Waals surface area contributed by atoms with E-state index in [2.05, 4.69) is 17.0 Å². The summed E-state index contributed by atoms with van der Waals surface area (Å²) in [5.41, 5.74) is 2.56. The van der Waals surface area contributed by atoms with Gasteiger partial charge < -0.3 is 4.74 Å². The first-order valence-corrected chi connectivity index (χ1v) is 2.72. The van der Waals surface area contributed by atoms with Crippen molar-refractivity contribution in [1.82, 2.24) is 0 Å². The minimum absolute atomic E-state index is 0.193. The van der Waals surface area contributed by atoms with E-state index in [4.69, 9.17) is 0 Å². The van der Waals surface area contributed by atoms with Crippen molar-refractivity contribution in [3.05, 3.63) is 18.4 Å². The van der Waals surface area contributed by atoms with Crippen molar-refractivity contribution in [2.75, 3.05) is 7.11 Å². The molecule has 50 valence electrons. The van der Waals surface area contributed by atoms with E-state index in [0.717, 1.165) is 0 Å². The Morgan fingerprint density at radius 1 is 1.89 bits per heavy atom. The molecule has 0 N–H and O–H groups in total. The molecule has 0 amide bonds. The van der Waals surface area contributed by atoms with Crippen LogP contribution in [0.3, 0.4) is 0 Å². The van der Waals surface area contributed by atoms with Gasteiger partial charge in [0.25, 0.3) is 0 Å². The molecule has 2 heteroatoms. The molecule has 0 aliphatic heterocycles. The quantitative estimate of drug-likeness (QED) is 0.420. The smallest absolute Gasteiger partial charge is 0.305 e. The van der Waals surface area contributed by atoms with Gasteiger partial charge in [-0.25, -0.2) is 0 Å². The molecule has 0 saturated heterocycles. The summed E-state index contributed by atoms with van der Waals surface area (Å²) in [6.45, 7) is 3.35. The van der Waals surface area contributed by atoms with Crippen molar-refractivity contribution in [3.8, 4) is 0 Å². The molecule has 0 rings (SSSR count). The molecule has 0 aromatic carbocycles. The third-order valence-electron chi connectivity index (χ3n) is 0.865. The number of carbonyl (C=O) groups excluding carboxylic acids is 1. The van der Waals surface area contributed by atoms with Crippen molar-refractivity contribution in [2.24, 2.45) is 0 Å². The molecule has 2 nitrogen and oxygen atoms in total. The van der Waals surface area contributed by atoms with E-state index >= 15 is 0 Å². The summed E-state index contributed by atoms with van der Waals surface area (Å²) in [6.07, 6.45) is 2.78. The zero-order valence-corrected chi connectivity index (χ0v) is 5.52. The Morgan fingerprint density at radius 3 is 3.00 bits per heavy atom. The first-order valence-electron chi connectivity index (χ1n) is 2.72. The standard InChI is InChI=1S/C7H10O2/c1-3-4-5-6-7(8)9-2/h4H,1,5-6H2,2H3. The van der Waals surface area contributed by atoms with Gasteiger partial charge in [-0.1, -0.05) is 6.58 Å². The van der Waals surface area contributed by atoms with Gasteiger partial charge in [-0.05, 0) is 12.5 Å². The van der Waals surface area contributed by atoms with Crippen LogP contribution < -0.4 is 0 Å². The Bertz CT molecular complexity index is 132. The normalized spacial score (nSPS) is 7.67. The Kier molecular flexibility index (Phi) is 4.56. The van der Waals surface area contributed by atoms with Crippen LogP contribution in [0.15, 0.2) is 18.4 Å². The summed E-state index contributed by atoms with van der Waals surface area (Å²) < 4.78 is 4.39. The van der Waals surface area contributed by atoms with E-state index in [1.54, 1.807) is 6.08 Å². The molecule has 0 aromatic heterocycles. The second kappa shape index (κ2) is 5.13. The van der Waals surface area contributed by atoms with E-state index in [0.29, 0.717) is 12.8 Å². The van der Waals surface area contributed by atoms with Crippen LogP contribution in [0.4, 0.5) is 0 Å². The zero-order chi connectivity index (χ0) is 7.11. The molecule has 0 unspecified atom stereocenters. The van der Waals surface area contributed by atoms with E-state index in [-0.39, 0.29) is 5.97 Å². The fourth-order valence-electron chi connectivity index (χ4n) is 0.394. The first-order chi connectivity index (χ1) is 4.31. The van der Waals surface area contributed by atoms with Crippen LogP contribution >= 0.6 is 0 Å². The summed E-state index contributed by atoms with van der Waals surface area (Å²) in [6, 6.07) is 0. The van der Waals surface area contributed by atoms with Crippen LogP contribution in [0, 0.1) is 0 Å². The van der Waals surface area contributed by atoms with Gasteiger partial charge in [-0.3, -0.25) is 4.79 Å². The predicted molar refractivity (Wildman–Crippen MR) is 35.0 cm³/mol. The molecular weight excluding hydrogens is 116 g/mol. The van der Waals surface area contributed by atoms with Crippen LogP contribution in [-0.2, 0) is 9.53 Å². The van der Waals surface area contributed by atoms with Crippen molar-refractivity contribution >= 4 is 5.97 Å². The maximum Gasteiger partial charge on any atom is 0.305 e. The first kappa shape index (κ1) is 7.99. The third kappa shape index (κ3) is 4.85. The van der Waals surface area contributed by atoms with Crippen molar-refractivity contribution in [1.29, 1.82) is 0 Å². The lowest BCUT2D eigenvalue weighted by atomic mass is 10.3. The number of rotatable bonds is 3. The van der Waals surface area contributed by atoms with Gasteiger partial charge in [0, 0.05) is 6.42 Å². The van der Waals surface area contributed by atoms with Crippen molar-refractivity contribution < 1.29 is 9.53 Å². The average molecular weight is 126 g/mol. The lowest BCUT2D eigenvalue weighted by Gasteiger charge is -1.91. The Morgan fingerprint density at radius 2 is 2.56 bits per heavy atom. The number of allylic oxidation sites excluding steroid dienone is 1. The Labute approximate surface area is 54.8 Å². The second-order valence-corrected chi connectivity index (χ2v) is 1.52. The highest BCUT2D eigenvalue weighted by Gasteiger charge is 1.94. The molecule has 9 heavy (non-hydrogen) atoms. The van der Waals surface area contributed by atoms with Crippen LogP contribution in [-0.4, -0.2) is 13.1 Å². The maximum atomic E-state index is 10.4. The topological polar surface area (TPSA) is 26.3 Å². The largest absolute Gasteiger partial charge is 0.469 e. The molecule has 0 aromatic rings. The van der Waals surface area contributed by atoms with Gasteiger partial charge in [0.05, 0.1) is 7.11 Å². The SMILES string of the molecule is C=C=CCCC(=O)OC. The molecule has 0 spiro atoms. The Balaban J connectivity index is 3.27. The molecule has 0 radical (unpaired) electrons. The highest BCUT2D eigenvalue weighted by atomic mass is 16.5. The summed E-state index contributed by atoms with van der Waals surface area (Å²) in [4.78, 5) is 10.4. The number of ether oxygens (including phenoxy) is 1. The van der Waals surface area contributed by atoms with E-state index in [1.807, 2.05) is 0 Å². The number of hydrogen-bond donors (Lipinski definition) is 0. The molecule has 0 saturated carbocycles. The molecular formula is C7H10O2. The molecule has 0 bridgehead atoms. The summed E-state index contributed by atoms with van der Waals surface area (Å²) in [5.74, 6) is -0.193. The molecule has 0 heterocycles. The molecule has 0 atom stereocenters. The van der Waals surface area contributed by atoms with Gasteiger partial charge in [-0.2, -0.15) is 0 Å². The highest BCUT2D eigenvalue weighted by Crippen LogP contribution is 1.90. The fourth-order valence-corrected chi connectivity index (χ4v) is 0.394. The second-order valence-electron chi connectivity index (χ2n) is 1.52. The number of carbonyl (C=O) groups is 1. The van der Waals surface area contributed by atoms with Crippen LogP contribution in [0.25, 0.3) is 0 Å². The number of esters is 1. The maximum absolute atomic E-state index is 10.4. The lowest BCUT2D eigenvalue weighted by molar-refractivity contribution is -0.140. The fraction of sp³-hybridized carbons (Fsp3) is 0.429. The lowest BCUT2D eigenvalue weighted by Crippen LogP contribution is -1.97. The average Bonchev–Trinajstić information content (AvgIpc) is 1.89. The van der Waals surface area contributed by atoms with E-state index < -0.39 is 0 Å². The minimum Gasteiger partial charge on any atom is -0.469 e. The van der Waals surface area contributed by atoms with Gasteiger partial charge in [0.2, 0.25) is 0 Å². The molecule has 0 aliphatic rings. The Hall–Kier alpha value is -1.01. The third-order valence-corrected chi connectivity index (χ3v) is 0.865. The van der Waals surface area contributed by atoms with Crippen LogP contribution in [0.5, 0.6) is 0 Å².